The van der Waals surface area contributed by atoms with Gasteiger partial charge < -0.3 is 25.0 Å². The third-order valence-electron chi connectivity index (χ3n) is 7.04. The van der Waals surface area contributed by atoms with Gasteiger partial charge >= 0.3 is 0 Å². The Morgan fingerprint density at radius 2 is 1.89 bits per heavy atom. The van der Waals surface area contributed by atoms with Crippen molar-refractivity contribution < 1.29 is 13.6 Å². The summed E-state index contributed by atoms with van der Waals surface area (Å²) in [6.45, 7) is 4.84. The molecule has 2 aliphatic rings. The number of anilines is 3. The van der Waals surface area contributed by atoms with E-state index in [1.165, 1.54) is 0 Å². The van der Waals surface area contributed by atoms with Gasteiger partial charge in [-0.25, -0.2) is 18.7 Å². The maximum Gasteiger partial charge on any atom is 0.289 e. The Hall–Kier alpha value is -3.69. The molecule has 1 unspecified atom stereocenters. The smallest absolute Gasteiger partial charge is 0.289 e. The van der Waals surface area contributed by atoms with Gasteiger partial charge in [-0.2, -0.15) is 0 Å². The summed E-state index contributed by atoms with van der Waals surface area (Å²) in [5, 5.41) is 6.32. The van der Waals surface area contributed by atoms with Crippen LogP contribution in [0.3, 0.4) is 0 Å². The number of nitrogens with one attached hydrogen (secondary N) is 2. The van der Waals surface area contributed by atoms with Gasteiger partial charge in [0.05, 0.1) is 17.1 Å². The van der Waals surface area contributed by atoms with Gasteiger partial charge in [0.1, 0.15) is 5.82 Å². The Bertz CT molecular complexity index is 1270. The van der Waals surface area contributed by atoms with Gasteiger partial charge in [-0.1, -0.05) is 12.1 Å². The number of nitrogens with zero attached hydrogens (tertiary/aromatic N) is 5. The van der Waals surface area contributed by atoms with Gasteiger partial charge in [-0.05, 0) is 30.7 Å². The third-order valence-corrected chi connectivity index (χ3v) is 7.04. The largest absolute Gasteiger partial charge is 0.386 e. The third kappa shape index (κ3) is 4.72. The summed E-state index contributed by atoms with van der Waals surface area (Å²) in [4.78, 5) is 25.9. The number of rotatable bonds is 7. The highest BCUT2D eigenvalue weighted by Crippen LogP contribution is 2.48. The number of alkyl halides is 2. The zero-order chi connectivity index (χ0) is 25.4. The molecule has 10 heteroatoms. The molecule has 36 heavy (non-hydrogen) atoms. The van der Waals surface area contributed by atoms with Crippen molar-refractivity contribution in [1.82, 2.24) is 19.4 Å². The van der Waals surface area contributed by atoms with Crippen LogP contribution in [0.25, 0.3) is 11.3 Å². The van der Waals surface area contributed by atoms with E-state index < -0.39 is 11.8 Å². The maximum absolute atomic E-state index is 13.3. The summed E-state index contributed by atoms with van der Waals surface area (Å²) in [5.41, 5.74) is 4.50. The first-order valence-electron chi connectivity index (χ1n) is 12.2. The average molecular weight is 496 g/mol. The summed E-state index contributed by atoms with van der Waals surface area (Å²) >= 11 is 0. The molecule has 1 aliphatic heterocycles. The molecule has 2 fully saturated rings. The number of pyridine rings is 1. The average Bonchev–Trinajstić information content (AvgIpc) is 3.27. The van der Waals surface area contributed by atoms with E-state index in [0.717, 1.165) is 34.0 Å². The molecule has 1 saturated heterocycles. The van der Waals surface area contributed by atoms with Gasteiger partial charge in [0.15, 0.2) is 5.82 Å². The summed E-state index contributed by atoms with van der Waals surface area (Å²) in [6.07, 6.45) is 3.36. The molecule has 2 aromatic heterocycles. The second-order valence-electron chi connectivity index (χ2n) is 9.53. The molecule has 3 heterocycles. The molecular weight excluding hydrogens is 464 g/mol. The van der Waals surface area contributed by atoms with Crippen molar-refractivity contribution in [3.05, 3.63) is 54.1 Å². The van der Waals surface area contributed by atoms with Crippen molar-refractivity contribution in [2.45, 2.75) is 19.3 Å². The number of halogens is 2. The Balaban J connectivity index is 1.29. The van der Waals surface area contributed by atoms with Crippen LogP contribution in [0.4, 0.5) is 26.0 Å². The number of hydrogen-bond acceptors (Lipinski definition) is 6. The zero-order valence-electron chi connectivity index (χ0n) is 20.8. The maximum atomic E-state index is 13.3. The highest BCUT2D eigenvalue weighted by molar-refractivity contribution is 5.91. The van der Waals surface area contributed by atoms with E-state index in [1.54, 1.807) is 17.0 Å². The van der Waals surface area contributed by atoms with Crippen LogP contribution in [-0.4, -0.2) is 71.0 Å². The number of carbonyl (C=O) groups excluding carboxylic acids is 1. The Kier molecular flexibility index (Phi) is 6.27. The molecular formula is C26H31F2N7O. The summed E-state index contributed by atoms with van der Waals surface area (Å²) in [7, 11) is 3.64. The molecule has 1 aromatic carbocycles. The van der Waals surface area contributed by atoms with Crippen molar-refractivity contribution in [3.8, 4) is 11.3 Å². The standard InChI is InChI=1S/C26H31F2N7O/c1-17-4-7-22(34-10-12-35(13-11-34)25(36)24-30-8-9-33(24)3)32-23(17)18-5-6-20(21(14-18)29-2)31-16-19-15-26(19,27)28/h4-9,14,19,29,31H,10-13,15-16H2,1-3H3. The molecule has 1 aliphatic carbocycles. The van der Waals surface area contributed by atoms with Gasteiger partial charge in [0.25, 0.3) is 11.8 Å². The zero-order valence-corrected chi connectivity index (χ0v) is 20.8. The topological polar surface area (TPSA) is 78.3 Å². The van der Waals surface area contributed by atoms with E-state index in [-0.39, 0.29) is 18.9 Å². The second-order valence-corrected chi connectivity index (χ2v) is 9.53. The molecule has 8 nitrogen and oxygen atoms in total. The quantitative estimate of drug-likeness (QED) is 0.518. The SMILES string of the molecule is CNc1cc(-c2nc(N3CCN(C(=O)c4nccn4C)CC3)ccc2C)ccc1NCC1CC1(F)F. The second kappa shape index (κ2) is 9.40. The molecule has 1 atom stereocenters. The number of amides is 1. The lowest BCUT2D eigenvalue weighted by molar-refractivity contribution is 0.0730. The van der Waals surface area contributed by atoms with E-state index in [9.17, 15) is 13.6 Å². The molecule has 0 radical (unpaired) electrons. The molecule has 0 bridgehead atoms. The van der Waals surface area contributed by atoms with Crippen molar-refractivity contribution in [3.63, 3.8) is 0 Å². The Morgan fingerprint density at radius 3 is 2.53 bits per heavy atom. The Morgan fingerprint density at radius 1 is 1.14 bits per heavy atom. The molecule has 5 rings (SSSR count). The van der Waals surface area contributed by atoms with Crippen LogP contribution >= 0.6 is 0 Å². The monoisotopic (exact) mass is 495 g/mol. The molecule has 190 valence electrons. The number of benzene rings is 1. The van der Waals surface area contributed by atoms with Gasteiger partial charge in [-0.15, -0.1) is 0 Å². The van der Waals surface area contributed by atoms with E-state index in [2.05, 4.69) is 26.6 Å². The van der Waals surface area contributed by atoms with Gasteiger partial charge in [-0.3, -0.25) is 4.79 Å². The number of carbonyl (C=O) groups is 1. The fourth-order valence-electron chi connectivity index (χ4n) is 4.62. The minimum atomic E-state index is -2.54. The Labute approximate surface area is 209 Å². The number of hydrogen-bond donors (Lipinski definition) is 2. The van der Waals surface area contributed by atoms with Crippen LogP contribution in [0.2, 0.25) is 0 Å². The molecule has 1 saturated carbocycles. The van der Waals surface area contributed by atoms with E-state index in [4.69, 9.17) is 4.98 Å². The van der Waals surface area contributed by atoms with Crippen LogP contribution in [0, 0.1) is 12.8 Å². The molecule has 3 aromatic rings. The van der Waals surface area contributed by atoms with Gasteiger partial charge in [0, 0.05) is 77.1 Å². The van der Waals surface area contributed by atoms with Crippen LogP contribution in [0.5, 0.6) is 0 Å². The fraction of sp³-hybridized carbons (Fsp3) is 0.423. The number of aryl methyl sites for hydroxylation is 2. The summed E-state index contributed by atoms with van der Waals surface area (Å²) < 4.78 is 28.2. The predicted octanol–water partition coefficient (Wildman–Crippen LogP) is 3.86. The van der Waals surface area contributed by atoms with E-state index >= 15 is 0 Å². The van der Waals surface area contributed by atoms with Crippen molar-refractivity contribution in [2.24, 2.45) is 13.0 Å². The summed E-state index contributed by atoms with van der Waals surface area (Å²) in [6, 6.07) is 9.95. The van der Waals surface area contributed by atoms with E-state index in [1.807, 2.05) is 50.2 Å². The number of imidazole rings is 1. The van der Waals surface area contributed by atoms with Gasteiger partial charge in [0.2, 0.25) is 0 Å². The van der Waals surface area contributed by atoms with Crippen molar-refractivity contribution in [2.75, 3.05) is 55.3 Å². The lowest BCUT2D eigenvalue weighted by Gasteiger charge is -2.35. The highest BCUT2D eigenvalue weighted by Gasteiger charge is 2.56. The first-order chi connectivity index (χ1) is 17.3. The van der Waals surface area contributed by atoms with Crippen LogP contribution in [0.1, 0.15) is 22.6 Å². The van der Waals surface area contributed by atoms with Crippen molar-refractivity contribution in [1.29, 1.82) is 0 Å². The minimum Gasteiger partial charge on any atom is -0.386 e. The minimum absolute atomic E-state index is 0.0473. The van der Waals surface area contributed by atoms with Crippen LogP contribution in [-0.2, 0) is 7.05 Å². The van der Waals surface area contributed by atoms with Crippen LogP contribution in [0.15, 0.2) is 42.7 Å². The first-order valence-corrected chi connectivity index (χ1v) is 12.2. The molecule has 0 spiro atoms. The lowest BCUT2D eigenvalue weighted by atomic mass is 10.0. The van der Waals surface area contributed by atoms with Crippen molar-refractivity contribution >= 4 is 23.1 Å². The molecule has 2 N–H and O–H groups in total. The fourth-order valence-corrected chi connectivity index (χ4v) is 4.62. The predicted molar refractivity (Wildman–Crippen MR) is 137 cm³/mol. The summed E-state index contributed by atoms with van der Waals surface area (Å²) in [5.74, 6) is -1.88. The molecule has 1 amide bonds. The van der Waals surface area contributed by atoms with Crippen LogP contribution < -0.4 is 15.5 Å². The van der Waals surface area contributed by atoms with E-state index in [0.29, 0.717) is 32.0 Å². The number of piperazine rings is 1. The number of aromatic nitrogens is 3. The normalized spacial score (nSPS) is 18.8. The first kappa shape index (κ1) is 24.0. The lowest BCUT2D eigenvalue weighted by Crippen LogP contribution is -2.49. The highest BCUT2D eigenvalue weighted by atomic mass is 19.3.